The molecule has 1 aromatic rings. The molecular weight excluding hydrogens is 316 g/mol. The fraction of sp³-hybridized carbons (Fsp3) is 0.692. The maximum atomic E-state index is 12.5. The van der Waals surface area contributed by atoms with Crippen molar-refractivity contribution >= 4 is 17.2 Å². The van der Waals surface area contributed by atoms with Gasteiger partial charge in [-0.05, 0) is 0 Å². The SMILES string of the molecule is COCc1nc(CNC(=O)C2COCCN2CC(F)F)cs1. The van der Waals surface area contributed by atoms with Crippen LogP contribution >= 0.6 is 11.3 Å². The predicted molar refractivity (Wildman–Crippen MR) is 76.9 cm³/mol. The molecule has 1 fully saturated rings. The first-order chi connectivity index (χ1) is 10.6. The lowest BCUT2D eigenvalue weighted by atomic mass is 10.2. The van der Waals surface area contributed by atoms with Crippen LogP contribution in [0.3, 0.4) is 0 Å². The molecule has 0 spiro atoms. The van der Waals surface area contributed by atoms with Gasteiger partial charge in [0.05, 0.1) is 38.6 Å². The summed E-state index contributed by atoms with van der Waals surface area (Å²) in [6, 6.07) is -0.681. The van der Waals surface area contributed by atoms with E-state index in [0.29, 0.717) is 19.8 Å². The largest absolute Gasteiger partial charge is 0.378 e. The van der Waals surface area contributed by atoms with Crippen LogP contribution in [0.25, 0.3) is 0 Å². The van der Waals surface area contributed by atoms with Gasteiger partial charge in [0.2, 0.25) is 5.91 Å². The highest BCUT2D eigenvalue weighted by Crippen LogP contribution is 2.12. The quantitative estimate of drug-likeness (QED) is 0.801. The van der Waals surface area contributed by atoms with E-state index >= 15 is 0 Å². The van der Waals surface area contributed by atoms with Gasteiger partial charge in [0.1, 0.15) is 11.0 Å². The van der Waals surface area contributed by atoms with Gasteiger partial charge in [-0.15, -0.1) is 11.3 Å². The number of carbonyl (C=O) groups excluding carboxylic acids is 1. The minimum absolute atomic E-state index is 0.130. The standard InChI is InChI=1S/C13H19F2N3O3S/c1-20-7-12-17-9(8-22-12)4-16-13(19)10-6-21-3-2-18(10)5-11(14)15/h8,10-11H,2-7H2,1H3,(H,16,19). The second-order valence-corrected chi connectivity index (χ2v) is 5.80. The summed E-state index contributed by atoms with van der Waals surface area (Å²) in [7, 11) is 1.59. The van der Waals surface area contributed by atoms with E-state index in [9.17, 15) is 13.6 Å². The molecule has 1 saturated heterocycles. The van der Waals surface area contributed by atoms with Gasteiger partial charge in [0.15, 0.2) is 0 Å². The van der Waals surface area contributed by atoms with Gasteiger partial charge >= 0.3 is 0 Å². The molecule has 1 atom stereocenters. The first-order valence-electron chi connectivity index (χ1n) is 6.90. The van der Waals surface area contributed by atoms with Crippen LogP contribution in [0, 0.1) is 0 Å². The molecule has 2 rings (SSSR count). The van der Waals surface area contributed by atoms with E-state index in [1.54, 1.807) is 7.11 Å². The van der Waals surface area contributed by atoms with Gasteiger partial charge in [0.25, 0.3) is 6.43 Å². The van der Waals surface area contributed by atoms with Crippen LogP contribution in [0.15, 0.2) is 5.38 Å². The molecule has 22 heavy (non-hydrogen) atoms. The third-order valence-electron chi connectivity index (χ3n) is 3.23. The maximum Gasteiger partial charge on any atom is 0.251 e. The Bertz CT molecular complexity index is 487. The van der Waals surface area contributed by atoms with Crippen LogP contribution in [0.4, 0.5) is 8.78 Å². The molecule has 6 nitrogen and oxygen atoms in total. The number of halogens is 2. The second kappa shape index (κ2) is 8.47. The molecule has 2 heterocycles. The number of nitrogens with zero attached hydrogens (tertiary/aromatic N) is 2. The smallest absolute Gasteiger partial charge is 0.251 e. The molecule has 1 aliphatic heterocycles. The maximum absolute atomic E-state index is 12.5. The molecule has 1 unspecified atom stereocenters. The molecule has 124 valence electrons. The van der Waals surface area contributed by atoms with E-state index in [1.165, 1.54) is 16.2 Å². The summed E-state index contributed by atoms with van der Waals surface area (Å²) < 4.78 is 35.3. The number of nitrogens with one attached hydrogen (secondary N) is 1. The number of rotatable bonds is 7. The first kappa shape index (κ1) is 17.2. The van der Waals surface area contributed by atoms with Crippen molar-refractivity contribution in [2.75, 3.05) is 33.4 Å². The summed E-state index contributed by atoms with van der Waals surface area (Å²) in [5, 5.41) is 5.39. The van der Waals surface area contributed by atoms with Gasteiger partial charge < -0.3 is 14.8 Å². The summed E-state index contributed by atoms with van der Waals surface area (Å²) in [5.41, 5.74) is 0.725. The van der Waals surface area contributed by atoms with Crippen molar-refractivity contribution in [3.8, 4) is 0 Å². The molecular formula is C13H19F2N3O3S. The average Bonchev–Trinajstić information content (AvgIpc) is 2.93. The third kappa shape index (κ3) is 4.94. The predicted octanol–water partition coefficient (Wildman–Crippen LogP) is 0.872. The molecule has 1 aromatic heterocycles. The first-order valence-corrected chi connectivity index (χ1v) is 7.78. The van der Waals surface area contributed by atoms with Crippen LogP contribution in [0.5, 0.6) is 0 Å². The van der Waals surface area contributed by atoms with Gasteiger partial charge in [-0.25, -0.2) is 13.8 Å². The van der Waals surface area contributed by atoms with E-state index in [-0.39, 0.29) is 19.1 Å². The van der Waals surface area contributed by atoms with Crippen molar-refractivity contribution in [1.29, 1.82) is 0 Å². The Balaban J connectivity index is 1.86. The summed E-state index contributed by atoms with van der Waals surface area (Å²) in [6.07, 6.45) is -2.47. The zero-order valence-electron chi connectivity index (χ0n) is 12.3. The Labute approximate surface area is 131 Å². The molecule has 1 amide bonds. The number of amides is 1. The second-order valence-electron chi connectivity index (χ2n) is 4.86. The number of thiazole rings is 1. The number of morpholine rings is 1. The molecule has 0 aliphatic carbocycles. The van der Waals surface area contributed by atoms with Gasteiger partial charge in [-0.2, -0.15) is 0 Å². The van der Waals surface area contributed by atoms with Crippen molar-refractivity contribution in [3.05, 3.63) is 16.1 Å². The van der Waals surface area contributed by atoms with Crippen LogP contribution < -0.4 is 5.32 Å². The fourth-order valence-corrected chi connectivity index (χ4v) is 2.95. The van der Waals surface area contributed by atoms with Crippen LogP contribution in [0.2, 0.25) is 0 Å². The van der Waals surface area contributed by atoms with E-state index in [1.807, 2.05) is 5.38 Å². The Morgan fingerprint density at radius 2 is 2.50 bits per heavy atom. The Morgan fingerprint density at radius 3 is 3.23 bits per heavy atom. The Morgan fingerprint density at radius 1 is 1.68 bits per heavy atom. The number of ether oxygens (including phenoxy) is 2. The number of alkyl halides is 2. The van der Waals surface area contributed by atoms with E-state index < -0.39 is 19.0 Å². The minimum atomic E-state index is -2.47. The molecule has 1 aliphatic rings. The highest BCUT2D eigenvalue weighted by Gasteiger charge is 2.30. The van der Waals surface area contributed by atoms with Gasteiger partial charge in [0, 0.05) is 19.0 Å². The van der Waals surface area contributed by atoms with Crippen molar-refractivity contribution in [2.45, 2.75) is 25.6 Å². The van der Waals surface area contributed by atoms with Crippen molar-refractivity contribution in [2.24, 2.45) is 0 Å². The molecule has 0 bridgehead atoms. The zero-order valence-corrected chi connectivity index (χ0v) is 13.1. The third-order valence-corrected chi connectivity index (χ3v) is 4.10. The van der Waals surface area contributed by atoms with Gasteiger partial charge in [-0.3, -0.25) is 9.69 Å². The Kier molecular flexibility index (Phi) is 6.62. The molecule has 9 heteroatoms. The Hall–Kier alpha value is -1.16. The zero-order chi connectivity index (χ0) is 15.9. The summed E-state index contributed by atoms with van der Waals surface area (Å²) in [6.45, 7) is 1.09. The number of hydrogen-bond acceptors (Lipinski definition) is 6. The lowest BCUT2D eigenvalue weighted by Crippen LogP contribution is -2.54. The van der Waals surface area contributed by atoms with Crippen molar-refractivity contribution < 1.29 is 23.0 Å². The monoisotopic (exact) mass is 335 g/mol. The van der Waals surface area contributed by atoms with Gasteiger partial charge in [-0.1, -0.05) is 0 Å². The van der Waals surface area contributed by atoms with E-state index in [4.69, 9.17) is 9.47 Å². The molecule has 0 radical (unpaired) electrons. The normalized spacial score (nSPS) is 19.5. The van der Waals surface area contributed by atoms with Crippen LogP contribution in [-0.4, -0.2) is 61.7 Å². The number of methoxy groups -OCH3 is 1. The summed E-state index contributed by atoms with van der Waals surface area (Å²) in [5.74, 6) is -0.318. The summed E-state index contributed by atoms with van der Waals surface area (Å²) in [4.78, 5) is 17.9. The number of hydrogen-bond donors (Lipinski definition) is 1. The number of aromatic nitrogens is 1. The van der Waals surface area contributed by atoms with Crippen molar-refractivity contribution in [1.82, 2.24) is 15.2 Å². The molecule has 0 aromatic carbocycles. The topological polar surface area (TPSA) is 63.7 Å². The molecule has 0 saturated carbocycles. The average molecular weight is 335 g/mol. The van der Waals surface area contributed by atoms with Crippen LogP contribution in [0.1, 0.15) is 10.7 Å². The van der Waals surface area contributed by atoms with E-state index in [0.717, 1.165) is 10.7 Å². The lowest BCUT2D eigenvalue weighted by molar-refractivity contribution is -0.134. The van der Waals surface area contributed by atoms with Crippen LogP contribution in [-0.2, 0) is 27.4 Å². The van der Waals surface area contributed by atoms with E-state index in [2.05, 4.69) is 10.3 Å². The lowest BCUT2D eigenvalue weighted by Gasteiger charge is -2.34. The number of carbonyl (C=O) groups is 1. The van der Waals surface area contributed by atoms with Crippen molar-refractivity contribution in [3.63, 3.8) is 0 Å². The highest BCUT2D eigenvalue weighted by atomic mass is 32.1. The molecule has 1 N–H and O–H groups in total. The fourth-order valence-electron chi connectivity index (χ4n) is 2.19. The highest BCUT2D eigenvalue weighted by molar-refractivity contribution is 7.09. The summed E-state index contributed by atoms with van der Waals surface area (Å²) >= 11 is 1.45. The minimum Gasteiger partial charge on any atom is -0.378 e.